The van der Waals surface area contributed by atoms with Gasteiger partial charge < -0.3 is 19.6 Å². The van der Waals surface area contributed by atoms with Crippen LogP contribution in [0.2, 0.25) is 5.02 Å². The number of phenolic OH excluding ortho intramolecular Hbond substituents is 1. The van der Waals surface area contributed by atoms with Gasteiger partial charge in [0.1, 0.15) is 17.2 Å². The van der Waals surface area contributed by atoms with Gasteiger partial charge in [0.25, 0.3) is 0 Å². The molecule has 1 aliphatic rings. The fraction of sp³-hybridized carbons (Fsp3) is 0.400. The van der Waals surface area contributed by atoms with Crippen LogP contribution in [0.4, 0.5) is 10.6 Å². The van der Waals surface area contributed by atoms with E-state index in [-0.39, 0.29) is 11.8 Å². The highest BCUT2D eigenvalue weighted by molar-refractivity contribution is 6.31. The second kappa shape index (κ2) is 7.64. The Bertz CT molecular complexity index is 827. The minimum atomic E-state index is -0.497. The number of phenols is 1. The summed E-state index contributed by atoms with van der Waals surface area (Å²) in [5.74, 6) is 0.974. The van der Waals surface area contributed by atoms with Crippen LogP contribution in [0.25, 0.3) is 11.1 Å². The summed E-state index contributed by atoms with van der Waals surface area (Å²) >= 11 is 6.06. The number of carbonyl (C=O) groups excluding carboxylic acids is 1. The number of nitrogens with zero attached hydrogens (tertiary/aromatic N) is 3. The van der Waals surface area contributed by atoms with Gasteiger partial charge in [0.05, 0.1) is 0 Å². The molecule has 1 amide bonds. The number of amides is 1. The summed E-state index contributed by atoms with van der Waals surface area (Å²) in [6.45, 7) is 8.06. The molecule has 27 heavy (non-hydrogen) atoms. The smallest absolute Gasteiger partial charge is 0.410 e. The number of anilines is 1. The largest absolute Gasteiger partial charge is 0.507 e. The van der Waals surface area contributed by atoms with E-state index in [1.807, 2.05) is 32.9 Å². The molecule has 6 nitrogen and oxygen atoms in total. The van der Waals surface area contributed by atoms with Crippen molar-refractivity contribution in [2.45, 2.75) is 26.4 Å². The molecular weight excluding hydrogens is 366 g/mol. The maximum atomic E-state index is 12.2. The van der Waals surface area contributed by atoms with Crippen LogP contribution >= 0.6 is 11.6 Å². The molecule has 1 aromatic heterocycles. The van der Waals surface area contributed by atoms with Gasteiger partial charge in [-0.3, -0.25) is 0 Å². The summed E-state index contributed by atoms with van der Waals surface area (Å²) in [6.07, 6.45) is 1.43. The molecule has 3 rings (SSSR count). The summed E-state index contributed by atoms with van der Waals surface area (Å²) in [7, 11) is 0. The molecule has 0 spiro atoms. The van der Waals surface area contributed by atoms with Crippen molar-refractivity contribution in [3.63, 3.8) is 0 Å². The van der Waals surface area contributed by atoms with E-state index in [1.165, 1.54) is 0 Å². The standard InChI is InChI=1S/C20H24ClN3O3/c1-20(2,3)27-19(26)24-10-8-23(9-11-24)18-12-14(6-7-22-18)16-13-15(21)4-5-17(16)25/h4-7,12-13,25H,8-11H2,1-3H3. The van der Waals surface area contributed by atoms with Crippen LogP contribution < -0.4 is 4.90 Å². The van der Waals surface area contributed by atoms with Crippen LogP contribution in [0.15, 0.2) is 36.5 Å². The Labute approximate surface area is 164 Å². The summed E-state index contributed by atoms with van der Waals surface area (Å²) < 4.78 is 5.43. The maximum absolute atomic E-state index is 12.2. The molecule has 1 saturated heterocycles. The number of aromatic hydroxyl groups is 1. The number of piperazine rings is 1. The summed E-state index contributed by atoms with van der Waals surface area (Å²) in [4.78, 5) is 20.5. The van der Waals surface area contributed by atoms with E-state index in [2.05, 4.69) is 9.88 Å². The van der Waals surface area contributed by atoms with E-state index in [1.54, 1.807) is 29.3 Å². The molecule has 1 fully saturated rings. The Morgan fingerprint density at radius 3 is 2.52 bits per heavy atom. The van der Waals surface area contributed by atoms with Crippen LogP contribution in [-0.2, 0) is 4.74 Å². The lowest BCUT2D eigenvalue weighted by atomic mass is 10.1. The van der Waals surface area contributed by atoms with Gasteiger partial charge in [0.2, 0.25) is 0 Å². The predicted molar refractivity (Wildman–Crippen MR) is 106 cm³/mol. The lowest BCUT2D eigenvalue weighted by Crippen LogP contribution is -2.50. The Morgan fingerprint density at radius 2 is 1.85 bits per heavy atom. The Hall–Kier alpha value is -2.47. The second-order valence-electron chi connectivity index (χ2n) is 7.52. The highest BCUT2D eigenvalue weighted by atomic mass is 35.5. The minimum Gasteiger partial charge on any atom is -0.507 e. The molecular formula is C20H24ClN3O3. The van der Waals surface area contributed by atoms with Crippen molar-refractivity contribution in [1.82, 2.24) is 9.88 Å². The number of rotatable bonds is 2. The zero-order valence-corrected chi connectivity index (χ0v) is 16.5. The first-order valence-corrected chi connectivity index (χ1v) is 9.28. The molecule has 0 atom stereocenters. The van der Waals surface area contributed by atoms with E-state index >= 15 is 0 Å². The lowest BCUT2D eigenvalue weighted by Gasteiger charge is -2.36. The number of hydrogen-bond acceptors (Lipinski definition) is 5. The molecule has 1 aliphatic heterocycles. The summed E-state index contributed by atoms with van der Waals surface area (Å²) in [5.41, 5.74) is 1.01. The average Bonchev–Trinajstić information content (AvgIpc) is 2.62. The fourth-order valence-corrected chi connectivity index (χ4v) is 3.12. The van der Waals surface area contributed by atoms with Crippen LogP contribution in [-0.4, -0.2) is 52.9 Å². The van der Waals surface area contributed by atoms with Gasteiger partial charge >= 0.3 is 6.09 Å². The Kier molecular flexibility index (Phi) is 5.46. The predicted octanol–water partition coefficient (Wildman–Crippen LogP) is 4.16. The van der Waals surface area contributed by atoms with Crippen molar-refractivity contribution in [3.8, 4) is 16.9 Å². The van der Waals surface area contributed by atoms with Gasteiger partial charge in [-0.25, -0.2) is 9.78 Å². The van der Waals surface area contributed by atoms with Crippen LogP contribution in [0, 0.1) is 0 Å². The topological polar surface area (TPSA) is 65.9 Å². The highest BCUT2D eigenvalue weighted by Gasteiger charge is 2.26. The SMILES string of the molecule is CC(C)(C)OC(=O)N1CCN(c2cc(-c3cc(Cl)ccc3O)ccn2)CC1. The van der Waals surface area contributed by atoms with Gasteiger partial charge in [-0.15, -0.1) is 0 Å². The molecule has 0 bridgehead atoms. The average molecular weight is 390 g/mol. The number of ether oxygens (including phenoxy) is 1. The quantitative estimate of drug-likeness (QED) is 0.835. The van der Waals surface area contributed by atoms with E-state index in [9.17, 15) is 9.90 Å². The van der Waals surface area contributed by atoms with Crippen molar-refractivity contribution in [3.05, 3.63) is 41.6 Å². The summed E-state index contributed by atoms with van der Waals surface area (Å²) in [5, 5.41) is 10.7. The van der Waals surface area contributed by atoms with Gasteiger partial charge in [-0.05, 0) is 56.7 Å². The summed E-state index contributed by atoms with van der Waals surface area (Å²) in [6, 6.07) is 8.73. The van der Waals surface area contributed by atoms with Crippen molar-refractivity contribution in [2.24, 2.45) is 0 Å². The van der Waals surface area contributed by atoms with Crippen LogP contribution in [0.1, 0.15) is 20.8 Å². The van der Waals surface area contributed by atoms with E-state index in [4.69, 9.17) is 16.3 Å². The molecule has 0 saturated carbocycles. The zero-order chi connectivity index (χ0) is 19.6. The molecule has 144 valence electrons. The monoisotopic (exact) mass is 389 g/mol. The molecule has 0 radical (unpaired) electrons. The third-order valence-corrected chi connectivity index (χ3v) is 4.51. The number of benzene rings is 1. The van der Waals surface area contributed by atoms with E-state index < -0.39 is 5.60 Å². The normalized spacial score (nSPS) is 15.0. The van der Waals surface area contributed by atoms with Crippen LogP contribution in [0.3, 0.4) is 0 Å². The van der Waals surface area contributed by atoms with Gasteiger partial charge in [-0.1, -0.05) is 11.6 Å². The first-order chi connectivity index (χ1) is 12.7. The Morgan fingerprint density at radius 1 is 1.15 bits per heavy atom. The van der Waals surface area contributed by atoms with Gasteiger partial charge in [0, 0.05) is 43.0 Å². The molecule has 0 unspecified atom stereocenters. The van der Waals surface area contributed by atoms with Gasteiger partial charge in [-0.2, -0.15) is 0 Å². The third-order valence-electron chi connectivity index (χ3n) is 4.27. The molecule has 2 heterocycles. The first-order valence-electron chi connectivity index (χ1n) is 8.91. The van der Waals surface area contributed by atoms with Crippen LogP contribution in [0.5, 0.6) is 5.75 Å². The molecule has 1 aromatic carbocycles. The molecule has 1 N–H and O–H groups in total. The van der Waals surface area contributed by atoms with E-state index in [0.717, 1.165) is 11.4 Å². The fourth-order valence-electron chi connectivity index (χ4n) is 2.94. The number of halogens is 1. The molecule has 0 aliphatic carbocycles. The van der Waals surface area contributed by atoms with E-state index in [0.29, 0.717) is 36.8 Å². The third kappa shape index (κ3) is 4.83. The minimum absolute atomic E-state index is 0.172. The first kappa shape index (κ1) is 19.3. The molecule has 2 aromatic rings. The highest BCUT2D eigenvalue weighted by Crippen LogP contribution is 2.33. The number of carbonyl (C=O) groups is 1. The maximum Gasteiger partial charge on any atom is 0.410 e. The molecule has 7 heteroatoms. The second-order valence-corrected chi connectivity index (χ2v) is 7.96. The van der Waals surface area contributed by atoms with Crippen molar-refractivity contribution in [2.75, 3.05) is 31.1 Å². The van der Waals surface area contributed by atoms with Crippen molar-refractivity contribution >= 4 is 23.5 Å². The van der Waals surface area contributed by atoms with Crippen molar-refractivity contribution in [1.29, 1.82) is 0 Å². The van der Waals surface area contributed by atoms with Gasteiger partial charge in [0.15, 0.2) is 0 Å². The number of hydrogen-bond donors (Lipinski definition) is 1. The lowest BCUT2D eigenvalue weighted by molar-refractivity contribution is 0.0240. The van der Waals surface area contributed by atoms with Crippen molar-refractivity contribution < 1.29 is 14.6 Å². The number of aromatic nitrogens is 1. The Balaban J connectivity index is 1.70. The number of pyridine rings is 1. The zero-order valence-electron chi connectivity index (χ0n) is 15.8.